The van der Waals surface area contributed by atoms with Crippen LogP contribution in [0.3, 0.4) is 0 Å². The van der Waals surface area contributed by atoms with Gasteiger partial charge in [0.1, 0.15) is 12.1 Å². The summed E-state index contributed by atoms with van der Waals surface area (Å²) in [7, 11) is 1.34. The second kappa shape index (κ2) is 12.2. The van der Waals surface area contributed by atoms with E-state index >= 15 is 0 Å². The quantitative estimate of drug-likeness (QED) is 0.290. The Morgan fingerprint density at radius 2 is 1.79 bits per heavy atom. The molecule has 0 aliphatic rings. The van der Waals surface area contributed by atoms with E-state index in [1.165, 1.54) is 14.0 Å². The number of carboxylic acid groups (broad SMARTS) is 1. The maximum absolute atomic E-state index is 12.9. The summed E-state index contributed by atoms with van der Waals surface area (Å²) in [6, 6.07) is 5.60. The molecular formula is C20H32N4O5. The van der Waals surface area contributed by atoms with Crippen LogP contribution in [0.15, 0.2) is 30.3 Å². The van der Waals surface area contributed by atoms with Gasteiger partial charge in [-0.25, -0.2) is 4.79 Å². The third-order valence-corrected chi connectivity index (χ3v) is 4.72. The molecule has 0 heterocycles. The molecule has 1 aromatic carbocycles. The maximum Gasteiger partial charge on any atom is 0.326 e. The molecule has 0 aliphatic carbocycles. The van der Waals surface area contributed by atoms with Gasteiger partial charge in [0.05, 0.1) is 12.1 Å². The van der Waals surface area contributed by atoms with Crippen molar-refractivity contribution >= 4 is 17.8 Å². The number of nitrogens with two attached hydrogens (primary N) is 2. The highest BCUT2D eigenvalue weighted by molar-refractivity contribution is 5.92. The normalized spacial score (nSPS) is 15.1. The monoisotopic (exact) mass is 408 g/mol. The third-order valence-electron chi connectivity index (χ3n) is 4.72. The fourth-order valence-corrected chi connectivity index (χ4v) is 2.89. The van der Waals surface area contributed by atoms with E-state index in [0.717, 1.165) is 16.9 Å². The minimum Gasteiger partial charge on any atom is -0.480 e. The van der Waals surface area contributed by atoms with Gasteiger partial charge in [0.15, 0.2) is 0 Å². The number of amides is 2. The molecule has 9 heteroatoms. The smallest absolute Gasteiger partial charge is 0.326 e. The van der Waals surface area contributed by atoms with Crippen molar-refractivity contribution in [1.82, 2.24) is 10.2 Å². The number of nitrogens with zero attached hydrogens (tertiary/aromatic N) is 1. The van der Waals surface area contributed by atoms with Crippen LogP contribution in [0.5, 0.6) is 0 Å². The summed E-state index contributed by atoms with van der Waals surface area (Å²) in [6.45, 7) is 1.84. The molecule has 0 radical (unpaired) electrons. The summed E-state index contributed by atoms with van der Waals surface area (Å²) in [5, 5.41) is 22.1. The highest BCUT2D eigenvalue weighted by Gasteiger charge is 2.35. The van der Waals surface area contributed by atoms with Crippen LogP contribution in [0.4, 0.5) is 0 Å². The predicted molar refractivity (Wildman–Crippen MR) is 109 cm³/mol. The van der Waals surface area contributed by atoms with Crippen molar-refractivity contribution in [2.75, 3.05) is 13.6 Å². The zero-order valence-electron chi connectivity index (χ0n) is 17.0. The number of aliphatic hydroxyl groups is 1. The van der Waals surface area contributed by atoms with Crippen LogP contribution in [-0.2, 0) is 20.8 Å². The number of aliphatic hydroxyl groups excluding tert-OH is 1. The van der Waals surface area contributed by atoms with Crippen LogP contribution < -0.4 is 16.8 Å². The Hall–Kier alpha value is -2.49. The molecule has 4 atom stereocenters. The molecule has 1 aromatic rings. The number of nitrogens with one attached hydrogen (secondary N) is 1. The SMILES string of the molecule is C[C@@H](O)[C@H](NC(=O)[C@@H](N)CCCCN)C(=O)N(C)[C@@H](Cc1ccccc1)C(=O)O. The molecule has 162 valence electrons. The highest BCUT2D eigenvalue weighted by atomic mass is 16.4. The predicted octanol–water partition coefficient (Wildman–Crippen LogP) is -0.537. The topological polar surface area (TPSA) is 159 Å². The van der Waals surface area contributed by atoms with Crippen molar-refractivity contribution in [1.29, 1.82) is 0 Å². The summed E-state index contributed by atoms with van der Waals surface area (Å²) >= 11 is 0. The number of benzene rings is 1. The second-order valence-electron chi connectivity index (χ2n) is 7.11. The molecule has 0 fully saturated rings. The standard InChI is InChI=1S/C20H32N4O5/c1-13(25)17(23-18(26)15(22)10-6-7-11-21)19(27)24(2)16(20(28)29)12-14-8-4-3-5-9-14/h3-5,8-9,13,15-17,25H,6-7,10-12,21-22H2,1-2H3,(H,23,26)(H,28,29)/t13-,15+,16+,17+/m1/s1. The van der Waals surface area contributed by atoms with E-state index in [-0.39, 0.29) is 6.42 Å². The molecule has 0 saturated heterocycles. The first-order valence-corrected chi connectivity index (χ1v) is 9.66. The fraction of sp³-hybridized carbons (Fsp3) is 0.550. The van der Waals surface area contributed by atoms with Crippen molar-refractivity contribution < 1.29 is 24.6 Å². The van der Waals surface area contributed by atoms with Crippen LogP contribution in [-0.4, -0.2) is 70.7 Å². The molecule has 1 rings (SSSR count). The molecule has 0 unspecified atom stereocenters. The average molecular weight is 408 g/mol. The average Bonchev–Trinajstić information content (AvgIpc) is 2.69. The van der Waals surface area contributed by atoms with E-state index in [0.29, 0.717) is 19.4 Å². The minimum absolute atomic E-state index is 0.0947. The third kappa shape index (κ3) is 7.80. The number of rotatable bonds is 12. The van der Waals surface area contributed by atoms with Crippen LogP contribution in [0.2, 0.25) is 0 Å². The Morgan fingerprint density at radius 1 is 1.17 bits per heavy atom. The van der Waals surface area contributed by atoms with Gasteiger partial charge in [-0.2, -0.15) is 0 Å². The van der Waals surface area contributed by atoms with Gasteiger partial charge in [0, 0.05) is 13.5 Å². The largest absolute Gasteiger partial charge is 0.480 e. The maximum atomic E-state index is 12.9. The summed E-state index contributed by atoms with van der Waals surface area (Å²) in [4.78, 5) is 38.0. The van der Waals surface area contributed by atoms with Crippen molar-refractivity contribution in [3.8, 4) is 0 Å². The second-order valence-corrected chi connectivity index (χ2v) is 7.11. The molecule has 0 bridgehead atoms. The number of hydrogen-bond acceptors (Lipinski definition) is 6. The van der Waals surface area contributed by atoms with Gasteiger partial charge < -0.3 is 31.9 Å². The number of aliphatic carboxylic acids is 1. The van der Waals surface area contributed by atoms with Gasteiger partial charge in [-0.05, 0) is 31.9 Å². The molecule has 0 aromatic heterocycles. The van der Waals surface area contributed by atoms with Gasteiger partial charge in [-0.3, -0.25) is 9.59 Å². The van der Waals surface area contributed by atoms with Crippen molar-refractivity contribution in [3.05, 3.63) is 35.9 Å². The molecule has 29 heavy (non-hydrogen) atoms. The van der Waals surface area contributed by atoms with E-state index < -0.39 is 42.0 Å². The lowest BCUT2D eigenvalue weighted by atomic mass is 10.0. The number of unbranched alkanes of at least 4 members (excludes halogenated alkanes) is 1. The first-order valence-electron chi connectivity index (χ1n) is 9.66. The molecule has 0 saturated carbocycles. The van der Waals surface area contributed by atoms with E-state index in [4.69, 9.17) is 11.5 Å². The first-order chi connectivity index (χ1) is 13.7. The van der Waals surface area contributed by atoms with Gasteiger partial charge in [-0.1, -0.05) is 36.8 Å². The van der Waals surface area contributed by atoms with Gasteiger partial charge >= 0.3 is 5.97 Å². The van der Waals surface area contributed by atoms with Gasteiger partial charge in [0.2, 0.25) is 11.8 Å². The lowest BCUT2D eigenvalue weighted by Gasteiger charge is -2.31. The lowest BCUT2D eigenvalue weighted by Crippen LogP contribution is -2.58. The van der Waals surface area contributed by atoms with Crippen molar-refractivity contribution in [2.24, 2.45) is 11.5 Å². The van der Waals surface area contributed by atoms with E-state index in [9.17, 15) is 24.6 Å². The fourth-order valence-electron chi connectivity index (χ4n) is 2.89. The number of hydrogen-bond donors (Lipinski definition) is 5. The van der Waals surface area contributed by atoms with E-state index in [1.807, 2.05) is 6.07 Å². The first kappa shape index (κ1) is 24.5. The van der Waals surface area contributed by atoms with E-state index in [2.05, 4.69) is 5.32 Å². The van der Waals surface area contributed by atoms with E-state index in [1.54, 1.807) is 24.3 Å². The summed E-state index contributed by atoms with van der Waals surface area (Å²) in [6.07, 6.45) is 0.651. The Labute approximate surface area is 171 Å². The van der Waals surface area contributed by atoms with Gasteiger partial charge in [-0.15, -0.1) is 0 Å². The van der Waals surface area contributed by atoms with Crippen LogP contribution in [0.1, 0.15) is 31.7 Å². The number of carboxylic acids is 1. The summed E-state index contributed by atoms with van der Waals surface area (Å²) < 4.78 is 0. The number of likely N-dealkylation sites (N-methyl/N-ethyl adjacent to an activating group) is 1. The van der Waals surface area contributed by atoms with Crippen molar-refractivity contribution in [3.63, 3.8) is 0 Å². The Morgan fingerprint density at radius 3 is 2.31 bits per heavy atom. The Kier molecular flexibility index (Phi) is 10.3. The number of carbonyl (C=O) groups excluding carboxylic acids is 2. The molecule has 9 nitrogen and oxygen atoms in total. The minimum atomic E-state index is -1.30. The van der Waals surface area contributed by atoms with Crippen molar-refractivity contribution in [2.45, 2.75) is 56.8 Å². The molecular weight excluding hydrogens is 376 g/mol. The molecule has 0 spiro atoms. The van der Waals surface area contributed by atoms with Crippen LogP contribution >= 0.6 is 0 Å². The Balaban J connectivity index is 2.86. The summed E-state index contributed by atoms with van der Waals surface area (Å²) in [5.74, 6) is -2.46. The van der Waals surface area contributed by atoms with Gasteiger partial charge in [0.25, 0.3) is 0 Å². The summed E-state index contributed by atoms with van der Waals surface area (Å²) in [5.41, 5.74) is 12.0. The molecule has 0 aliphatic heterocycles. The molecule has 2 amide bonds. The van der Waals surface area contributed by atoms with Crippen LogP contribution in [0, 0.1) is 0 Å². The highest BCUT2D eigenvalue weighted by Crippen LogP contribution is 2.11. The van der Waals surface area contributed by atoms with Crippen LogP contribution in [0.25, 0.3) is 0 Å². The zero-order chi connectivity index (χ0) is 22.0. The zero-order valence-corrected chi connectivity index (χ0v) is 17.0. The molecule has 7 N–H and O–H groups in total. The Bertz CT molecular complexity index is 668. The number of carbonyl (C=O) groups is 3. The lowest BCUT2D eigenvalue weighted by molar-refractivity contribution is -0.151.